The molecule has 0 heteroatoms. The van der Waals surface area contributed by atoms with E-state index in [1.165, 1.54) is 12.8 Å². The van der Waals surface area contributed by atoms with E-state index in [1.54, 1.807) is 19.3 Å². The summed E-state index contributed by atoms with van der Waals surface area (Å²) < 4.78 is 0. The average molecular weight is 194 g/mol. The minimum absolute atomic E-state index is 0.809. The van der Waals surface area contributed by atoms with Crippen molar-refractivity contribution in [1.82, 2.24) is 0 Å². The first-order valence-corrected chi connectivity index (χ1v) is 6.55. The molecule has 1 spiro atoms. The van der Waals surface area contributed by atoms with Gasteiger partial charge in [-0.15, -0.1) is 0 Å². The molecule has 3 atom stereocenters. The normalized spacial score (nSPS) is 42.4. The predicted molar refractivity (Wildman–Crippen MR) is 62.2 cm³/mol. The fourth-order valence-corrected chi connectivity index (χ4v) is 4.09. The molecule has 0 bridgehead atoms. The van der Waals surface area contributed by atoms with Gasteiger partial charge in [-0.1, -0.05) is 27.7 Å². The Balaban J connectivity index is 1.99. The number of hydrogen-bond donors (Lipinski definition) is 0. The van der Waals surface area contributed by atoms with Gasteiger partial charge in [0.15, 0.2) is 0 Å². The van der Waals surface area contributed by atoms with E-state index in [0.717, 1.165) is 29.1 Å². The highest BCUT2D eigenvalue weighted by atomic mass is 14.6. The molecule has 0 nitrogen and oxygen atoms in total. The predicted octanol–water partition coefficient (Wildman–Crippen LogP) is 4.49. The summed E-state index contributed by atoms with van der Waals surface area (Å²) in [5, 5.41) is 0. The second kappa shape index (κ2) is 3.54. The van der Waals surface area contributed by atoms with Crippen LogP contribution in [0.15, 0.2) is 0 Å². The van der Waals surface area contributed by atoms with Crippen molar-refractivity contribution in [2.75, 3.05) is 0 Å². The van der Waals surface area contributed by atoms with Crippen LogP contribution in [0.5, 0.6) is 0 Å². The van der Waals surface area contributed by atoms with Gasteiger partial charge in [-0.25, -0.2) is 0 Å². The maximum Gasteiger partial charge on any atom is -0.0264 e. The Hall–Kier alpha value is 0. The molecule has 2 saturated carbocycles. The van der Waals surface area contributed by atoms with Crippen molar-refractivity contribution in [2.24, 2.45) is 29.1 Å². The first-order valence-electron chi connectivity index (χ1n) is 6.55. The summed E-state index contributed by atoms with van der Waals surface area (Å²) in [5.41, 5.74) is 0.809. The molecule has 0 heterocycles. The molecule has 0 amide bonds. The van der Waals surface area contributed by atoms with Gasteiger partial charge in [0.1, 0.15) is 0 Å². The van der Waals surface area contributed by atoms with Gasteiger partial charge >= 0.3 is 0 Å². The molecule has 14 heavy (non-hydrogen) atoms. The second-order valence-electron chi connectivity index (χ2n) is 6.50. The van der Waals surface area contributed by atoms with Crippen LogP contribution >= 0.6 is 0 Å². The molecule has 2 aliphatic carbocycles. The van der Waals surface area contributed by atoms with Crippen molar-refractivity contribution in [2.45, 2.75) is 59.8 Å². The Kier molecular flexibility index (Phi) is 2.66. The lowest BCUT2D eigenvalue weighted by Crippen LogP contribution is -2.41. The first kappa shape index (κ1) is 10.5. The van der Waals surface area contributed by atoms with Crippen LogP contribution in [0.3, 0.4) is 0 Å². The summed E-state index contributed by atoms with van der Waals surface area (Å²) in [4.78, 5) is 0. The van der Waals surface area contributed by atoms with Crippen LogP contribution in [0.2, 0.25) is 0 Å². The quantitative estimate of drug-likeness (QED) is 0.607. The lowest BCUT2D eigenvalue weighted by atomic mass is 9.55. The van der Waals surface area contributed by atoms with Crippen molar-refractivity contribution >= 4 is 0 Å². The standard InChI is InChI=1S/C14H26/c1-10(2)12-5-7-14(9-12)8-6-13(14)11(3)4/h10-13H,5-9H2,1-4H3. The Morgan fingerprint density at radius 2 is 1.57 bits per heavy atom. The fraction of sp³-hybridized carbons (Fsp3) is 1.00. The van der Waals surface area contributed by atoms with Crippen LogP contribution < -0.4 is 0 Å². The monoisotopic (exact) mass is 194 g/mol. The van der Waals surface area contributed by atoms with E-state index in [2.05, 4.69) is 27.7 Å². The molecule has 2 aliphatic rings. The van der Waals surface area contributed by atoms with E-state index in [1.807, 2.05) is 0 Å². The van der Waals surface area contributed by atoms with Crippen molar-refractivity contribution in [3.8, 4) is 0 Å². The highest BCUT2D eigenvalue weighted by Gasteiger charge is 2.51. The second-order valence-corrected chi connectivity index (χ2v) is 6.50. The molecule has 2 rings (SSSR count). The Labute approximate surface area is 89.5 Å². The molecule has 82 valence electrons. The Bertz CT molecular complexity index is 204. The third-order valence-corrected chi connectivity index (χ3v) is 5.17. The largest absolute Gasteiger partial charge is 0.0625 e. The summed E-state index contributed by atoms with van der Waals surface area (Å²) in [6.45, 7) is 9.67. The van der Waals surface area contributed by atoms with Gasteiger partial charge in [0.05, 0.1) is 0 Å². The smallest absolute Gasteiger partial charge is 0.0264 e. The van der Waals surface area contributed by atoms with Crippen LogP contribution in [-0.2, 0) is 0 Å². The summed E-state index contributed by atoms with van der Waals surface area (Å²) in [6.07, 6.45) is 7.66. The van der Waals surface area contributed by atoms with Gasteiger partial charge in [0, 0.05) is 0 Å². The van der Waals surface area contributed by atoms with Gasteiger partial charge in [0.2, 0.25) is 0 Å². The van der Waals surface area contributed by atoms with Gasteiger partial charge in [-0.2, -0.15) is 0 Å². The van der Waals surface area contributed by atoms with E-state index in [9.17, 15) is 0 Å². The maximum absolute atomic E-state index is 2.42. The van der Waals surface area contributed by atoms with Crippen LogP contribution in [0.4, 0.5) is 0 Å². The lowest BCUT2D eigenvalue weighted by molar-refractivity contribution is -0.00313. The lowest BCUT2D eigenvalue weighted by Gasteiger charge is -2.50. The van der Waals surface area contributed by atoms with Crippen LogP contribution in [0.1, 0.15) is 59.8 Å². The third kappa shape index (κ3) is 1.51. The number of rotatable bonds is 2. The highest BCUT2D eigenvalue weighted by molar-refractivity contribution is 5.01. The summed E-state index contributed by atoms with van der Waals surface area (Å²) in [6, 6.07) is 0. The maximum atomic E-state index is 2.42. The molecule has 0 aromatic carbocycles. The molecular weight excluding hydrogens is 168 g/mol. The summed E-state index contributed by atoms with van der Waals surface area (Å²) >= 11 is 0. The van der Waals surface area contributed by atoms with E-state index >= 15 is 0 Å². The van der Waals surface area contributed by atoms with Gasteiger partial charge in [0.25, 0.3) is 0 Å². The van der Waals surface area contributed by atoms with Crippen molar-refractivity contribution in [3.05, 3.63) is 0 Å². The molecule has 0 aromatic rings. The van der Waals surface area contributed by atoms with Crippen LogP contribution in [0, 0.1) is 29.1 Å². The molecule has 0 aliphatic heterocycles. The van der Waals surface area contributed by atoms with E-state index in [0.29, 0.717) is 0 Å². The van der Waals surface area contributed by atoms with E-state index < -0.39 is 0 Å². The zero-order valence-corrected chi connectivity index (χ0v) is 10.3. The molecule has 0 N–H and O–H groups in total. The topological polar surface area (TPSA) is 0 Å². The van der Waals surface area contributed by atoms with Crippen molar-refractivity contribution in [3.63, 3.8) is 0 Å². The molecular formula is C14H26. The molecule has 0 aromatic heterocycles. The fourth-order valence-electron chi connectivity index (χ4n) is 4.09. The SMILES string of the molecule is CC(C)C1CCC2(CCC2C(C)C)C1. The minimum atomic E-state index is 0.809. The third-order valence-electron chi connectivity index (χ3n) is 5.17. The summed E-state index contributed by atoms with van der Waals surface area (Å²) in [5.74, 6) is 3.94. The molecule has 3 unspecified atom stereocenters. The zero-order chi connectivity index (χ0) is 10.3. The van der Waals surface area contributed by atoms with Crippen molar-refractivity contribution in [1.29, 1.82) is 0 Å². The van der Waals surface area contributed by atoms with E-state index in [4.69, 9.17) is 0 Å². The summed E-state index contributed by atoms with van der Waals surface area (Å²) in [7, 11) is 0. The molecule has 0 radical (unpaired) electrons. The first-order chi connectivity index (χ1) is 6.55. The van der Waals surface area contributed by atoms with Crippen LogP contribution in [-0.4, -0.2) is 0 Å². The van der Waals surface area contributed by atoms with Gasteiger partial charge < -0.3 is 0 Å². The van der Waals surface area contributed by atoms with E-state index in [-0.39, 0.29) is 0 Å². The minimum Gasteiger partial charge on any atom is -0.0625 e. The van der Waals surface area contributed by atoms with Crippen molar-refractivity contribution < 1.29 is 0 Å². The van der Waals surface area contributed by atoms with Gasteiger partial charge in [-0.3, -0.25) is 0 Å². The Morgan fingerprint density at radius 1 is 0.929 bits per heavy atom. The van der Waals surface area contributed by atoms with Gasteiger partial charge in [-0.05, 0) is 61.2 Å². The van der Waals surface area contributed by atoms with Crippen LogP contribution in [0.25, 0.3) is 0 Å². The molecule has 2 fully saturated rings. The average Bonchev–Trinajstić information content (AvgIpc) is 2.46. The highest BCUT2D eigenvalue weighted by Crippen LogP contribution is 2.61. The Morgan fingerprint density at radius 3 is 1.93 bits per heavy atom. The number of hydrogen-bond acceptors (Lipinski definition) is 0. The molecule has 0 saturated heterocycles. The zero-order valence-electron chi connectivity index (χ0n) is 10.3.